The van der Waals surface area contributed by atoms with Crippen LogP contribution in [0.25, 0.3) is 10.9 Å². The second-order valence-electron chi connectivity index (χ2n) is 5.89. The molecule has 3 aromatic rings. The SMILES string of the molecule is CCOc1ccccc1CC(CN)c1c(C)[nH]c2ccccc12. The van der Waals surface area contributed by atoms with Crippen LogP contribution in [0.15, 0.2) is 48.5 Å². The number of aromatic nitrogens is 1. The highest BCUT2D eigenvalue weighted by atomic mass is 16.5. The van der Waals surface area contributed by atoms with Crippen LogP contribution in [0.2, 0.25) is 0 Å². The summed E-state index contributed by atoms with van der Waals surface area (Å²) in [6.45, 7) is 5.44. The van der Waals surface area contributed by atoms with Gasteiger partial charge in [0.2, 0.25) is 0 Å². The van der Waals surface area contributed by atoms with E-state index in [4.69, 9.17) is 10.5 Å². The van der Waals surface area contributed by atoms with Gasteiger partial charge >= 0.3 is 0 Å². The van der Waals surface area contributed by atoms with Gasteiger partial charge in [0, 0.05) is 22.5 Å². The van der Waals surface area contributed by atoms with Crippen molar-refractivity contribution in [3.05, 3.63) is 65.4 Å². The fourth-order valence-corrected chi connectivity index (χ4v) is 3.36. The number of aryl methyl sites for hydroxylation is 1. The third-order valence-corrected chi connectivity index (χ3v) is 4.37. The minimum absolute atomic E-state index is 0.271. The van der Waals surface area contributed by atoms with E-state index in [-0.39, 0.29) is 5.92 Å². The average Bonchev–Trinajstić information content (AvgIpc) is 2.90. The van der Waals surface area contributed by atoms with Crippen molar-refractivity contribution in [3.8, 4) is 5.75 Å². The summed E-state index contributed by atoms with van der Waals surface area (Å²) in [7, 11) is 0. The largest absolute Gasteiger partial charge is 0.494 e. The smallest absolute Gasteiger partial charge is 0.122 e. The molecule has 3 heteroatoms. The maximum absolute atomic E-state index is 6.14. The van der Waals surface area contributed by atoms with Crippen molar-refractivity contribution >= 4 is 10.9 Å². The first-order valence-electron chi connectivity index (χ1n) is 8.22. The van der Waals surface area contributed by atoms with Gasteiger partial charge in [0.15, 0.2) is 0 Å². The van der Waals surface area contributed by atoms with E-state index < -0.39 is 0 Å². The van der Waals surface area contributed by atoms with Crippen molar-refractivity contribution in [2.45, 2.75) is 26.2 Å². The molecule has 0 aliphatic carbocycles. The topological polar surface area (TPSA) is 51.0 Å². The number of H-pyrrole nitrogens is 1. The van der Waals surface area contributed by atoms with Crippen molar-refractivity contribution in [2.75, 3.05) is 13.2 Å². The number of nitrogens with one attached hydrogen (secondary N) is 1. The minimum atomic E-state index is 0.271. The fraction of sp³-hybridized carbons (Fsp3) is 0.300. The lowest BCUT2D eigenvalue weighted by Crippen LogP contribution is -2.16. The highest BCUT2D eigenvalue weighted by Gasteiger charge is 2.19. The Kier molecular flexibility index (Phi) is 4.68. The molecule has 1 unspecified atom stereocenters. The molecule has 0 saturated heterocycles. The molecule has 0 fully saturated rings. The van der Waals surface area contributed by atoms with E-state index in [1.165, 1.54) is 27.7 Å². The Hall–Kier alpha value is -2.26. The van der Waals surface area contributed by atoms with Crippen LogP contribution in [-0.4, -0.2) is 18.1 Å². The van der Waals surface area contributed by atoms with Gasteiger partial charge in [-0.2, -0.15) is 0 Å². The first-order chi connectivity index (χ1) is 11.2. The molecule has 0 bridgehead atoms. The highest BCUT2D eigenvalue weighted by molar-refractivity contribution is 5.85. The normalized spacial score (nSPS) is 12.5. The zero-order chi connectivity index (χ0) is 16.2. The van der Waals surface area contributed by atoms with Crippen LogP contribution in [-0.2, 0) is 6.42 Å². The second kappa shape index (κ2) is 6.88. The molecule has 120 valence electrons. The number of hydrogen-bond acceptors (Lipinski definition) is 2. The van der Waals surface area contributed by atoms with Gasteiger partial charge in [-0.1, -0.05) is 36.4 Å². The van der Waals surface area contributed by atoms with E-state index in [1.807, 2.05) is 19.1 Å². The molecular formula is C20H24N2O. The highest BCUT2D eigenvalue weighted by Crippen LogP contribution is 2.32. The van der Waals surface area contributed by atoms with Crippen LogP contribution in [0.3, 0.4) is 0 Å². The maximum atomic E-state index is 6.14. The molecule has 2 aromatic carbocycles. The number of ether oxygens (including phenoxy) is 1. The number of fused-ring (bicyclic) bond motifs is 1. The van der Waals surface area contributed by atoms with E-state index >= 15 is 0 Å². The van der Waals surface area contributed by atoms with E-state index in [9.17, 15) is 0 Å². The molecular weight excluding hydrogens is 284 g/mol. The van der Waals surface area contributed by atoms with Crippen LogP contribution in [0.1, 0.15) is 29.7 Å². The molecule has 0 amide bonds. The summed E-state index contributed by atoms with van der Waals surface area (Å²) in [5.41, 5.74) is 11.1. The molecule has 3 rings (SSSR count). The minimum Gasteiger partial charge on any atom is -0.494 e. The van der Waals surface area contributed by atoms with Gasteiger partial charge in [0.25, 0.3) is 0 Å². The molecule has 0 spiro atoms. The molecule has 0 radical (unpaired) electrons. The lowest BCUT2D eigenvalue weighted by Gasteiger charge is -2.18. The number of nitrogens with two attached hydrogens (primary N) is 1. The molecule has 1 heterocycles. The number of hydrogen-bond donors (Lipinski definition) is 2. The van der Waals surface area contributed by atoms with Crippen molar-refractivity contribution in [2.24, 2.45) is 5.73 Å². The standard InChI is InChI=1S/C20H24N2O/c1-3-23-19-11-7-4-8-15(19)12-16(13-21)20-14(2)22-18-10-6-5-9-17(18)20/h4-11,16,22H,3,12-13,21H2,1-2H3. The van der Waals surface area contributed by atoms with E-state index in [0.29, 0.717) is 13.2 Å². The molecule has 1 aromatic heterocycles. The Labute approximate surface area is 137 Å². The van der Waals surface area contributed by atoms with Gasteiger partial charge in [0.05, 0.1) is 6.61 Å². The van der Waals surface area contributed by atoms with Crippen LogP contribution in [0, 0.1) is 6.92 Å². The van der Waals surface area contributed by atoms with Crippen molar-refractivity contribution in [1.29, 1.82) is 0 Å². The van der Waals surface area contributed by atoms with Crippen molar-refractivity contribution in [1.82, 2.24) is 4.98 Å². The van der Waals surface area contributed by atoms with Crippen molar-refractivity contribution < 1.29 is 4.74 Å². The van der Waals surface area contributed by atoms with Crippen molar-refractivity contribution in [3.63, 3.8) is 0 Å². The summed E-state index contributed by atoms with van der Waals surface area (Å²) >= 11 is 0. The molecule has 0 aliphatic heterocycles. The maximum Gasteiger partial charge on any atom is 0.122 e. The number of benzene rings is 2. The van der Waals surface area contributed by atoms with Gasteiger partial charge in [0.1, 0.15) is 5.75 Å². The summed E-state index contributed by atoms with van der Waals surface area (Å²) in [5.74, 6) is 1.23. The van der Waals surface area contributed by atoms with Crippen LogP contribution >= 0.6 is 0 Å². The third kappa shape index (κ3) is 3.10. The van der Waals surface area contributed by atoms with Gasteiger partial charge in [-0.25, -0.2) is 0 Å². The summed E-state index contributed by atoms with van der Waals surface area (Å²) in [6.07, 6.45) is 0.884. The lowest BCUT2D eigenvalue weighted by atomic mass is 9.89. The summed E-state index contributed by atoms with van der Waals surface area (Å²) < 4.78 is 5.77. The van der Waals surface area contributed by atoms with E-state index in [2.05, 4.69) is 48.3 Å². The van der Waals surface area contributed by atoms with Gasteiger partial charge in [-0.15, -0.1) is 0 Å². The second-order valence-corrected chi connectivity index (χ2v) is 5.89. The zero-order valence-electron chi connectivity index (χ0n) is 13.8. The summed E-state index contributed by atoms with van der Waals surface area (Å²) in [5, 5.41) is 1.27. The number of aromatic amines is 1. The number of rotatable bonds is 6. The summed E-state index contributed by atoms with van der Waals surface area (Å²) in [4.78, 5) is 3.48. The molecule has 0 saturated carbocycles. The van der Waals surface area contributed by atoms with Gasteiger partial charge < -0.3 is 15.5 Å². The first-order valence-corrected chi connectivity index (χ1v) is 8.22. The number of para-hydroxylation sites is 2. The average molecular weight is 308 g/mol. The first kappa shape index (κ1) is 15.6. The summed E-state index contributed by atoms with van der Waals surface area (Å²) in [6, 6.07) is 16.7. The van der Waals surface area contributed by atoms with Crippen LogP contribution < -0.4 is 10.5 Å². The van der Waals surface area contributed by atoms with Crippen LogP contribution in [0.4, 0.5) is 0 Å². The molecule has 0 aliphatic rings. The molecule has 3 N–H and O–H groups in total. The van der Waals surface area contributed by atoms with E-state index in [1.54, 1.807) is 0 Å². The fourth-order valence-electron chi connectivity index (χ4n) is 3.36. The Morgan fingerprint density at radius 2 is 1.83 bits per heavy atom. The Morgan fingerprint density at radius 1 is 1.09 bits per heavy atom. The monoisotopic (exact) mass is 308 g/mol. The predicted molar refractivity (Wildman–Crippen MR) is 96.1 cm³/mol. The quantitative estimate of drug-likeness (QED) is 0.718. The van der Waals surface area contributed by atoms with Crippen LogP contribution in [0.5, 0.6) is 5.75 Å². The van der Waals surface area contributed by atoms with Gasteiger partial charge in [-0.05, 0) is 50.1 Å². The molecule has 23 heavy (non-hydrogen) atoms. The Bertz CT molecular complexity index is 791. The molecule has 1 atom stereocenters. The lowest BCUT2D eigenvalue weighted by molar-refractivity contribution is 0.335. The Balaban J connectivity index is 1.98. The zero-order valence-corrected chi connectivity index (χ0v) is 13.8. The Morgan fingerprint density at radius 3 is 2.61 bits per heavy atom. The van der Waals surface area contributed by atoms with E-state index in [0.717, 1.165) is 12.2 Å². The van der Waals surface area contributed by atoms with Gasteiger partial charge in [-0.3, -0.25) is 0 Å². The predicted octanol–water partition coefficient (Wildman–Crippen LogP) is 4.16. The molecule has 3 nitrogen and oxygen atoms in total. The third-order valence-electron chi connectivity index (χ3n) is 4.37.